The Labute approximate surface area is 176 Å². The van der Waals surface area contributed by atoms with Crippen molar-refractivity contribution in [3.8, 4) is 0 Å². The van der Waals surface area contributed by atoms with E-state index in [2.05, 4.69) is 10.3 Å². The monoisotopic (exact) mass is 421 g/mol. The van der Waals surface area contributed by atoms with Gasteiger partial charge in [0.25, 0.3) is 11.5 Å². The van der Waals surface area contributed by atoms with Gasteiger partial charge in [-0.3, -0.25) is 14.2 Å². The van der Waals surface area contributed by atoms with Gasteiger partial charge >= 0.3 is 0 Å². The molecule has 4 aromatic rings. The summed E-state index contributed by atoms with van der Waals surface area (Å²) in [5, 5.41) is 3.93. The van der Waals surface area contributed by atoms with Crippen LogP contribution in [0.4, 0.5) is 10.1 Å². The van der Waals surface area contributed by atoms with Gasteiger partial charge in [0.2, 0.25) is 0 Å². The maximum Gasteiger partial charge on any atom is 0.265 e. The normalized spacial score (nSPS) is 10.9. The number of hydrogen-bond donors (Lipinski definition) is 1. The molecule has 7 heteroatoms. The Morgan fingerprint density at radius 3 is 2.67 bits per heavy atom. The Balaban J connectivity index is 1.79. The van der Waals surface area contributed by atoms with Crippen LogP contribution >= 0.6 is 11.6 Å². The number of nitrogens with zero attached hydrogens (tertiary/aromatic N) is 2. The lowest BCUT2D eigenvalue weighted by molar-refractivity contribution is 0.102. The molecule has 0 fully saturated rings. The number of aromatic nitrogens is 2. The molecule has 5 nitrogen and oxygen atoms in total. The van der Waals surface area contributed by atoms with E-state index in [4.69, 9.17) is 11.6 Å². The van der Waals surface area contributed by atoms with E-state index in [1.165, 1.54) is 22.8 Å². The Morgan fingerprint density at radius 2 is 1.90 bits per heavy atom. The zero-order chi connectivity index (χ0) is 21.3. The van der Waals surface area contributed by atoms with Crippen molar-refractivity contribution in [2.75, 3.05) is 5.32 Å². The molecule has 0 saturated heterocycles. The SMILES string of the molecule is Cc1c(Cl)cccc1NC(=O)c1cc2cccnc2n(Cc2ccc(F)cc2)c1=O. The van der Waals surface area contributed by atoms with Gasteiger partial charge in [0.05, 0.1) is 6.54 Å². The molecular weight excluding hydrogens is 405 g/mol. The van der Waals surface area contributed by atoms with Crippen LogP contribution in [0.2, 0.25) is 5.02 Å². The third-order valence-electron chi connectivity index (χ3n) is 4.86. The summed E-state index contributed by atoms with van der Waals surface area (Å²) < 4.78 is 14.7. The van der Waals surface area contributed by atoms with Crippen LogP contribution in [-0.2, 0) is 6.54 Å². The van der Waals surface area contributed by atoms with Gasteiger partial charge in [-0.05, 0) is 60.5 Å². The van der Waals surface area contributed by atoms with Crippen LogP contribution in [-0.4, -0.2) is 15.5 Å². The third-order valence-corrected chi connectivity index (χ3v) is 5.27. The highest BCUT2D eigenvalue weighted by Gasteiger charge is 2.18. The first-order valence-corrected chi connectivity index (χ1v) is 9.61. The minimum absolute atomic E-state index is 0.0167. The summed E-state index contributed by atoms with van der Waals surface area (Å²) in [6.07, 6.45) is 1.58. The van der Waals surface area contributed by atoms with E-state index in [-0.39, 0.29) is 17.9 Å². The van der Waals surface area contributed by atoms with Gasteiger partial charge in [0.1, 0.15) is 17.0 Å². The lowest BCUT2D eigenvalue weighted by atomic mass is 10.1. The number of nitrogens with one attached hydrogen (secondary N) is 1. The van der Waals surface area contributed by atoms with Gasteiger partial charge in [-0.1, -0.05) is 29.8 Å². The van der Waals surface area contributed by atoms with E-state index in [0.717, 1.165) is 0 Å². The average Bonchev–Trinajstić information content (AvgIpc) is 2.74. The molecule has 1 N–H and O–H groups in total. The predicted molar refractivity (Wildman–Crippen MR) is 116 cm³/mol. The summed E-state index contributed by atoms with van der Waals surface area (Å²) in [6.45, 7) is 1.94. The van der Waals surface area contributed by atoms with Crippen LogP contribution in [0.3, 0.4) is 0 Å². The fourth-order valence-corrected chi connectivity index (χ4v) is 3.40. The molecule has 4 rings (SSSR count). The molecule has 0 atom stereocenters. The average molecular weight is 422 g/mol. The summed E-state index contributed by atoms with van der Waals surface area (Å²) in [4.78, 5) is 30.5. The van der Waals surface area contributed by atoms with Gasteiger partial charge in [-0.25, -0.2) is 9.37 Å². The highest BCUT2D eigenvalue weighted by atomic mass is 35.5. The van der Waals surface area contributed by atoms with E-state index in [1.54, 1.807) is 55.6 Å². The van der Waals surface area contributed by atoms with Gasteiger partial charge in [0, 0.05) is 22.3 Å². The molecule has 0 saturated carbocycles. The number of hydrogen-bond acceptors (Lipinski definition) is 3. The Morgan fingerprint density at radius 1 is 1.13 bits per heavy atom. The molecule has 0 aliphatic heterocycles. The lowest BCUT2D eigenvalue weighted by Crippen LogP contribution is -2.30. The van der Waals surface area contributed by atoms with Crippen LogP contribution in [0.1, 0.15) is 21.5 Å². The van der Waals surface area contributed by atoms with Crippen LogP contribution in [0.15, 0.2) is 71.7 Å². The van der Waals surface area contributed by atoms with Crippen LogP contribution in [0.25, 0.3) is 11.0 Å². The quantitative estimate of drug-likeness (QED) is 0.515. The molecule has 0 spiro atoms. The smallest absolute Gasteiger partial charge is 0.265 e. The topological polar surface area (TPSA) is 64.0 Å². The van der Waals surface area contributed by atoms with Crippen molar-refractivity contribution >= 4 is 34.2 Å². The molecule has 30 heavy (non-hydrogen) atoms. The number of anilines is 1. The molecular formula is C23H17ClFN3O2. The number of halogens is 2. The van der Waals surface area contributed by atoms with E-state index in [1.807, 2.05) is 0 Å². The highest BCUT2D eigenvalue weighted by molar-refractivity contribution is 6.31. The van der Waals surface area contributed by atoms with Crippen molar-refractivity contribution in [2.45, 2.75) is 13.5 Å². The second-order valence-corrected chi connectivity index (χ2v) is 7.27. The number of carbonyl (C=O) groups is 1. The number of amides is 1. The molecule has 0 radical (unpaired) electrons. The van der Waals surface area contributed by atoms with Gasteiger partial charge < -0.3 is 5.32 Å². The first kappa shape index (κ1) is 19.8. The summed E-state index contributed by atoms with van der Waals surface area (Å²) >= 11 is 6.13. The van der Waals surface area contributed by atoms with E-state index in [0.29, 0.717) is 32.9 Å². The van der Waals surface area contributed by atoms with Crippen molar-refractivity contribution in [3.63, 3.8) is 0 Å². The Hall–Kier alpha value is -3.51. The van der Waals surface area contributed by atoms with Crippen molar-refractivity contribution in [1.82, 2.24) is 9.55 Å². The standard InChI is InChI=1S/C23H17ClFN3O2/c1-14-19(24)5-2-6-20(14)27-22(29)18-12-16-4-3-11-26-21(16)28(23(18)30)13-15-7-9-17(25)10-8-15/h2-12H,13H2,1H3,(H,27,29). The second kappa shape index (κ2) is 8.08. The summed E-state index contributed by atoms with van der Waals surface area (Å²) in [5.41, 5.74) is 1.90. The first-order chi connectivity index (χ1) is 14.4. The molecule has 0 aliphatic carbocycles. The fraction of sp³-hybridized carbons (Fsp3) is 0.0870. The van der Waals surface area contributed by atoms with Crippen molar-refractivity contribution in [1.29, 1.82) is 0 Å². The number of fused-ring (bicyclic) bond motifs is 1. The maximum atomic E-state index is 13.3. The predicted octanol–water partition coefficient (Wildman–Crippen LogP) is 4.80. The van der Waals surface area contributed by atoms with Gasteiger partial charge in [-0.2, -0.15) is 0 Å². The number of pyridine rings is 2. The van der Waals surface area contributed by atoms with Crippen LogP contribution in [0, 0.1) is 12.7 Å². The zero-order valence-corrected chi connectivity index (χ0v) is 16.8. The molecule has 150 valence electrons. The fourth-order valence-electron chi connectivity index (χ4n) is 3.22. The minimum Gasteiger partial charge on any atom is -0.322 e. The van der Waals surface area contributed by atoms with Crippen molar-refractivity contribution < 1.29 is 9.18 Å². The molecule has 0 aliphatic rings. The van der Waals surface area contributed by atoms with E-state index < -0.39 is 11.5 Å². The van der Waals surface area contributed by atoms with Crippen molar-refractivity contribution in [2.24, 2.45) is 0 Å². The largest absolute Gasteiger partial charge is 0.322 e. The Kier molecular flexibility index (Phi) is 5.33. The lowest BCUT2D eigenvalue weighted by Gasteiger charge is -2.13. The molecule has 2 heterocycles. The Bertz CT molecular complexity index is 1320. The minimum atomic E-state index is -0.538. The summed E-state index contributed by atoms with van der Waals surface area (Å²) in [5.74, 6) is -0.900. The van der Waals surface area contributed by atoms with E-state index >= 15 is 0 Å². The summed E-state index contributed by atoms with van der Waals surface area (Å²) in [6, 6.07) is 16.1. The molecule has 2 aromatic heterocycles. The zero-order valence-electron chi connectivity index (χ0n) is 16.0. The summed E-state index contributed by atoms with van der Waals surface area (Å²) in [7, 11) is 0. The molecule has 0 unspecified atom stereocenters. The van der Waals surface area contributed by atoms with Crippen LogP contribution < -0.4 is 10.9 Å². The molecule has 2 aromatic carbocycles. The molecule has 0 bridgehead atoms. The highest BCUT2D eigenvalue weighted by Crippen LogP contribution is 2.23. The number of rotatable bonds is 4. The van der Waals surface area contributed by atoms with Crippen molar-refractivity contribution in [3.05, 3.63) is 105 Å². The van der Waals surface area contributed by atoms with E-state index in [9.17, 15) is 14.0 Å². The second-order valence-electron chi connectivity index (χ2n) is 6.86. The van der Waals surface area contributed by atoms with Gasteiger partial charge in [-0.15, -0.1) is 0 Å². The number of benzene rings is 2. The van der Waals surface area contributed by atoms with Gasteiger partial charge in [0.15, 0.2) is 0 Å². The number of carbonyl (C=O) groups excluding carboxylic acids is 1. The van der Waals surface area contributed by atoms with Crippen LogP contribution in [0.5, 0.6) is 0 Å². The first-order valence-electron chi connectivity index (χ1n) is 9.23. The molecule has 1 amide bonds. The maximum absolute atomic E-state index is 13.3. The third kappa shape index (κ3) is 3.82.